The maximum atomic E-state index is 5.75. The molecule has 2 unspecified atom stereocenters. The Balaban J connectivity index is 1.85. The van der Waals surface area contributed by atoms with E-state index in [2.05, 4.69) is 43.1 Å². The molecule has 0 radical (unpaired) electrons. The minimum Gasteiger partial charge on any atom is -0.378 e. The van der Waals surface area contributed by atoms with Crippen LogP contribution in [-0.2, 0) is 17.8 Å². The number of nitrogens with zero attached hydrogens (tertiary/aromatic N) is 3. The van der Waals surface area contributed by atoms with Gasteiger partial charge in [0.2, 0.25) is 0 Å². The van der Waals surface area contributed by atoms with Crippen molar-refractivity contribution >= 4 is 0 Å². The number of ether oxygens (including phenoxy) is 1. The monoisotopic (exact) mass is 266 g/mol. The highest BCUT2D eigenvalue weighted by Gasteiger charge is 2.48. The van der Waals surface area contributed by atoms with Crippen LogP contribution >= 0.6 is 0 Å². The molecule has 2 rings (SSSR count). The Morgan fingerprint density at radius 3 is 2.89 bits per heavy atom. The second-order valence-electron chi connectivity index (χ2n) is 5.83. The zero-order valence-electron chi connectivity index (χ0n) is 12.5. The summed E-state index contributed by atoms with van der Waals surface area (Å²) in [4.78, 5) is 4.33. The van der Waals surface area contributed by atoms with E-state index in [1.54, 1.807) is 6.33 Å². The highest BCUT2D eigenvalue weighted by Crippen LogP contribution is 2.42. The molecule has 1 aromatic heterocycles. The number of hydrogen-bond donors (Lipinski definition) is 1. The highest BCUT2D eigenvalue weighted by molar-refractivity contribution is 5.03. The third-order valence-electron chi connectivity index (χ3n) is 4.18. The number of aromatic nitrogens is 3. The quantitative estimate of drug-likeness (QED) is 0.820. The fourth-order valence-corrected chi connectivity index (χ4v) is 2.75. The minimum atomic E-state index is 0.200. The Bertz CT molecular complexity index is 402. The van der Waals surface area contributed by atoms with Crippen molar-refractivity contribution in [2.24, 2.45) is 5.41 Å². The molecule has 1 heterocycles. The van der Waals surface area contributed by atoms with Crippen LogP contribution in [0.5, 0.6) is 0 Å². The molecule has 5 nitrogen and oxygen atoms in total. The van der Waals surface area contributed by atoms with E-state index in [1.807, 2.05) is 4.68 Å². The molecule has 0 aliphatic heterocycles. The van der Waals surface area contributed by atoms with Crippen LogP contribution in [0.1, 0.15) is 46.4 Å². The van der Waals surface area contributed by atoms with Crippen LogP contribution in [0, 0.1) is 5.41 Å². The predicted molar refractivity (Wildman–Crippen MR) is 74.8 cm³/mol. The number of rotatable bonds is 7. The largest absolute Gasteiger partial charge is 0.378 e. The van der Waals surface area contributed by atoms with Gasteiger partial charge in [0.1, 0.15) is 12.2 Å². The van der Waals surface area contributed by atoms with E-state index in [0.29, 0.717) is 12.1 Å². The van der Waals surface area contributed by atoms with Gasteiger partial charge in [0.05, 0.1) is 12.6 Å². The lowest BCUT2D eigenvalue weighted by atomic mass is 9.64. The van der Waals surface area contributed by atoms with Crippen molar-refractivity contribution in [1.29, 1.82) is 0 Å². The van der Waals surface area contributed by atoms with Crippen molar-refractivity contribution in [3.05, 3.63) is 12.2 Å². The van der Waals surface area contributed by atoms with Gasteiger partial charge < -0.3 is 10.1 Å². The maximum absolute atomic E-state index is 5.75. The first-order valence-electron chi connectivity index (χ1n) is 7.31. The SMILES string of the molecule is CCCn1ncnc1CNC1CC(OCC)C1(C)C. The Labute approximate surface area is 115 Å². The summed E-state index contributed by atoms with van der Waals surface area (Å²) in [5, 5.41) is 7.84. The van der Waals surface area contributed by atoms with E-state index < -0.39 is 0 Å². The van der Waals surface area contributed by atoms with Gasteiger partial charge in [-0.3, -0.25) is 0 Å². The van der Waals surface area contributed by atoms with Crippen molar-refractivity contribution in [2.75, 3.05) is 6.61 Å². The van der Waals surface area contributed by atoms with Crippen LogP contribution in [0.25, 0.3) is 0 Å². The van der Waals surface area contributed by atoms with Gasteiger partial charge in [-0.15, -0.1) is 0 Å². The maximum Gasteiger partial charge on any atom is 0.140 e. The molecule has 0 saturated heterocycles. The second-order valence-corrected chi connectivity index (χ2v) is 5.83. The van der Waals surface area contributed by atoms with Crippen LogP contribution < -0.4 is 5.32 Å². The lowest BCUT2D eigenvalue weighted by molar-refractivity contribution is -0.114. The summed E-state index contributed by atoms with van der Waals surface area (Å²) in [6.45, 7) is 11.3. The number of nitrogens with one attached hydrogen (secondary N) is 1. The van der Waals surface area contributed by atoms with Crippen LogP contribution in [0.15, 0.2) is 6.33 Å². The minimum absolute atomic E-state index is 0.200. The molecule has 0 amide bonds. The first kappa shape index (κ1) is 14.5. The van der Waals surface area contributed by atoms with Crippen molar-refractivity contribution in [1.82, 2.24) is 20.1 Å². The smallest absolute Gasteiger partial charge is 0.140 e. The molecule has 0 bridgehead atoms. The van der Waals surface area contributed by atoms with Crippen LogP contribution in [-0.4, -0.2) is 33.5 Å². The molecule has 0 spiro atoms. The normalized spacial score (nSPS) is 25.3. The van der Waals surface area contributed by atoms with Gasteiger partial charge >= 0.3 is 0 Å². The van der Waals surface area contributed by atoms with Crippen molar-refractivity contribution < 1.29 is 4.74 Å². The Hall–Kier alpha value is -0.940. The third-order valence-corrected chi connectivity index (χ3v) is 4.18. The van der Waals surface area contributed by atoms with E-state index in [0.717, 1.165) is 38.4 Å². The fourth-order valence-electron chi connectivity index (χ4n) is 2.75. The van der Waals surface area contributed by atoms with Gasteiger partial charge in [0.25, 0.3) is 0 Å². The van der Waals surface area contributed by atoms with Gasteiger partial charge in [-0.25, -0.2) is 9.67 Å². The van der Waals surface area contributed by atoms with E-state index >= 15 is 0 Å². The van der Waals surface area contributed by atoms with E-state index in [-0.39, 0.29) is 5.41 Å². The molecular formula is C14H26N4O. The van der Waals surface area contributed by atoms with E-state index in [9.17, 15) is 0 Å². The molecule has 2 atom stereocenters. The average Bonchev–Trinajstić information content (AvgIpc) is 2.81. The molecule has 1 aliphatic carbocycles. The molecular weight excluding hydrogens is 240 g/mol. The van der Waals surface area contributed by atoms with Gasteiger partial charge in [0.15, 0.2) is 0 Å². The van der Waals surface area contributed by atoms with Crippen molar-refractivity contribution in [3.8, 4) is 0 Å². The van der Waals surface area contributed by atoms with Gasteiger partial charge in [-0.05, 0) is 19.8 Å². The van der Waals surface area contributed by atoms with E-state index in [4.69, 9.17) is 4.74 Å². The zero-order chi connectivity index (χ0) is 13.9. The molecule has 0 aromatic carbocycles. The summed E-state index contributed by atoms with van der Waals surface area (Å²) in [6, 6.07) is 0.496. The van der Waals surface area contributed by atoms with Crippen LogP contribution in [0.2, 0.25) is 0 Å². The first-order chi connectivity index (χ1) is 9.09. The van der Waals surface area contributed by atoms with E-state index in [1.165, 1.54) is 0 Å². The lowest BCUT2D eigenvalue weighted by Gasteiger charge is -2.51. The average molecular weight is 266 g/mol. The first-order valence-corrected chi connectivity index (χ1v) is 7.31. The zero-order valence-corrected chi connectivity index (χ0v) is 12.5. The van der Waals surface area contributed by atoms with Crippen molar-refractivity contribution in [2.45, 2.75) is 65.8 Å². The molecule has 108 valence electrons. The predicted octanol–water partition coefficient (Wildman–Crippen LogP) is 1.98. The topological polar surface area (TPSA) is 52.0 Å². The number of hydrogen-bond acceptors (Lipinski definition) is 4. The lowest BCUT2D eigenvalue weighted by Crippen LogP contribution is -2.60. The van der Waals surface area contributed by atoms with Gasteiger partial charge in [-0.2, -0.15) is 5.10 Å². The molecule has 19 heavy (non-hydrogen) atoms. The van der Waals surface area contributed by atoms with Gasteiger partial charge in [0, 0.05) is 24.6 Å². The summed E-state index contributed by atoms with van der Waals surface area (Å²) in [6.07, 6.45) is 4.19. The number of aryl methyl sites for hydroxylation is 1. The summed E-state index contributed by atoms with van der Waals surface area (Å²) >= 11 is 0. The molecule has 1 saturated carbocycles. The fraction of sp³-hybridized carbons (Fsp3) is 0.857. The summed E-state index contributed by atoms with van der Waals surface area (Å²) in [5.41, 5.74) is 0.200. The van der Waals surface area contributed by atoms with Crippen molar-refractivity contribution in [3.63, 3.8) is 0 Å². The Kier molecular flexibility index (Phi) is 4.58. The molecule has 1 aromatic rings. The molecule has 5 heteroatoms. The van der Waals surface area contributed by atoms with Crippen LogP contribution in [0.3, 0.4) is 0 Å². The van der Waals surface area contributed by atoms with Gasteiger partial charge in [-0.1, -0.05) is 20.8 Å². The Morgan fingerprint density at radius 2 is 2.26 bits per heavy atom. The highest BCUT2D eigenvalue weighted by atomic mass is 16.5. The summed E-state index contributed by atoms with van der Waals surface area (Å²) in [5.74, 6) is 1.03. The second kappa shape index (κ2) is 6.01. The molecule has 1 aliphatic rings. The standard InChI is InChI=1S/C14H26N4O/c1-5-7-18-13(16-10-17-18)9-15-11-8-12(19-6-2)14(11,3)4/h10-12,15H,5-9H2,1-4H3. The summed E-state index contributed by atoms with van der Waals surface area (Å²) < 4.78 is 7.73. The summed E-state index contributed by atoms with van der Waals surface area (Å²) in [7, 11) is 0. The third kappa shape index (κ3) is 2.98. The Morgan fingerprint density at radius 1 is 1.47 bits per heavy atom. The molecule has 1 N–H and O–H groups in total. The molecule has 1 fully saturated rings. The van der Waals surface area contributed by atoms with Crippen LogP contribution in [0.4, 0.5) is 0 Å².